The monoisotopic (exact) mass is 192 g/mol. The fourth-order valence-corrected chi connectivity index (χ4v) is 3.57. The van der Waals surface area contributed by atoms with E-state index in [-0.39, 0.29) is 5.41 Å². The summed E-state index contributed by atoms with van der Waals surface area (Å²) in [6.07, 6.45) is 3.05. The van der Waals surface area contributed by atoms with Crippen LogP contribution in [0.2, 0.25) is 0 Å². The molecule has 78 valence electrons. The van der Waals surface area contributed by atoms with Gasteiger partial charge in [-0.1, -0.05) is 25.0 Å². The molecule has 0 amide bonds. The molecule has 0 unspecified atom stereocenters. The number of ketones is 1. The number of hydrogen-bond donors (Lipinski definition) is 0. The van der Waals surface area contributed by atoms with Gasteiger partial charge in [-0.2, -0.15) is 0 Å². The third-order valence-corrected chi connectivity index (χ3v) is 4.57. The first kappa shape index (κ1) is 9.95. The number of fused-ring (bicyclic) bond motifs is 1. The highest BCUT2D eigenvalue weighted by atomic mass is 16.1. The minimum atomic E-state index is 0.278. The molecule has 3 atom stereocenters. The Morgan fingerprint density at radius 2 is 2.00 bits per heavy atom. The zero-order chi connectivity index (χ0) is 10.5. The average molecular weight is 192 g/mol. The maximum absolute atomic E-state index is 11.9. The standard InChI is InChI=1S/C13H20O/c1-8-7-13(4)6-5-11(14)12(13)10(3)9(8)2/h10,12H,5-7H2,1-4H3/t10-,12+,13+/m1/s1. The second kappa shape index (κ2) is 2.95. The lowest BCUT2D eigenvalue weighted by atomic mass is 9.63. The van der Waals surface area contributed by atoms with Crippen molar-refractivity contribution >= 4 is 5.78 Å². The van der Waals surface area contributed by atoms with Crippen molar-refractivity contribution in [3.8, 4) is 0 Å². The molecule has 0 spiro atoms. The Bertz CT molecular complexity index is 313. The molecule has 0 aromatic heterocycles. The molecule has 1 fully saturated rings. The Hall–Kier alpha value is -0.590. The van der Waals surface area contributed by atoms with Gasteiger partial charge in [0, 0.05) is 12.3 Å². The summed E-state index contributed by atoms with van der Waals surface area (Å²) in [6, 6.07) is 0. The average Bonchev–Trinajstić information content (AvgIpc) is 2.39. The van der Waals surface area contributed by atoms with Crippen molar-refractivity contribution < 1.29 is 4.79 Å². The van der Waals surface area contributed by atoms with Gasteiger partial charge in [0.2, 0.25) is 0 Å². The zero-order valence-corrected chi connectivity index (χ0v) is 9.68. The lowest BCUT2D eigenvalue weighted by molar-refractivity contribution is -0.123. The Morgan fingerprint density at radius 1 is 1.36 bits per heavy atom. The van der Waals surface area contributed by atoms with Crippen molar-refractivity contribution in [3.05, 3.63) is 11.1 Å². The van der Waals surface area contributed by atoms with Crippen LogP contribution >= 0.6 is 0 Å². The van der Waals surface area contributed by atoms with E-state index in [2.05, 4.69) is 27.7 Å². The fraction of sp³-hybridized carbons (Fsp3) is 0.769. The van der Waals surface area contributed by atoms with Crippen molar-refractivity contribution in [2.75, 3.05) is 0 Å². The van der Waals surface area contributed by atoms with Gasteiger partial charge in [0.05, 0.1) is 0 Å². The molecular formula is C13H20O. The first-order valence-electron chi connectivity index (χ1n) is 5.65. The van der Waals surface area contributed by atoms with Crippen LogP contribution in [0.1, 0.15) is 47.0 Å². The molecule has 0 saturated heterocycles. The number of carbonyl (C=O) groups excluding carboxylic acids is 1. The molecular weight excluding hydrogens is 172 g/mol. The van der Waals surface area contributed by atoms with Crippen LogP contribution in [0, 0.1) is 17.3 Å². The number of carbonyl (C=O) groups is 1. The predicted molar refractivity (Wildman–Crippen MR) is 58.0 cm³/mol. The molecule has 0 N–H and O–H groups in total. The number of rotatable bonds is 0. The fourth-order valence-electron chi connectivity index (χ4n) is 3.57. The predicted octanol–water partition coefficient (Wildman–Crippen LogP) is 3.35. The second-order valence-corrected chi connectivity index (χ2v) is 5.53. The Balaban J connectivity index is 2.43. The Kier molecular flexibility index (Phi) is 2.09. The van der Waals surface area contributed by atoms with Gasteiger partial charge in [-0.15, -0.1) is 0 Å². The van der Waals surface area contributed by atoms with Gasteiger partial charge in [0.25, 0.3) is 0 Å². The minimum absolute atomic E-state index is 0.278. The van der Waals surface area contributed by atoms with E-state index >= 15 is 0 Å². The maximum atomic E-state index is 11.9. The lowest BCUT2D eigenvalue weighted by Gasteiger charge is -2.40. The Labute approximate surface area is 86.6 Å². The highest BCUT2D eigenvalue weighted by molar-refractivity contribution is 5.85. The number of allylic oxidation sites excluding steroid dienone is 2. The van der Waals surface area contributed by atoms with Crippen LogP contribution in [0.4, 0.5) is 0 Å². The van der Waals surface area contributed by atoms with Crippen LogP contribution in [0.25, 0.3) is 0 Å². The number of hydrogen-bond acceptors (Lipinski definition) is 1. The first-order chi connectivity index (χ1) is 6.46. The van der Waals surface area contributed by atoms with Gasteiger partial charge >= 0.3 is 0 Å². The summed E-state index contributed by atoms with van der Waals surface area (Å²) in [5.74, 6) is 1.29. The second-order valence-electron chi connectivity index (χ2n) is 5.53. The van der Waals surface area contributed by atoms with Crippen LogP contribution in [0.15, 0.2) is 11.1 Å². The third kappa shape index (κ3) is 1.18. The summed E-state index contributed by atoms with van der Waals surface area (Å²) in [4.78, 5) is 11.9. The molecule has 0 radical (unpaired) electrons. The largest absolute Gasteiger partial charge is 0.299 e. The molecule has 2 aliphatic carbocycles. The zero-order valence-electron chi connectivity index (χ0n) is 9.68. The quantitative estimate of drug-likeness (QED) is 0.538. The van der Waals surface area contributed by atoms with E-state index in [1.54, 1.807) is 0 Å². The third-order valence-electron chi connectivity index (χ3n) is 4.57. The summed E-state index contributed by atoms with van der Waals surface area (Å²) in [5.41, 5.74) is 3.26. The van der Waals surface area contributed by atoms with E-state index in [1.165, 1.54) is 11.1 Å². The summed E-state index contributed by atoms with van der Waals surface area (Å²) >= 11 is 0. The first-order valence-corrected chi connectivity index (χ1v) is 5.65. The molecule has 1 nitrogen and oxygen atoms in total. The van der Waals surface area contributed by atoms with Crippen molar-refractivity contribution in [3.63, 3.8) is 0 Å². The molecule has 0 bridgehead atoms. The SMILES string of the molecule is CC1=C(C)[C@@H](C)[C@H]2C(=O)CC[C@@]2(C)C1. The summed E-state index contributed by atoms with van der Waals surface area (Å²) in [6.45, 7) is 8.96. The minimum Gasteiger partial charge on any atom is -0.299 e. The number of Topliss-reactive ketones (excluding diaryl/α,β-unsaturated/α-hetero) is 1. The van der Waals surface area contributed by atoms with Gasteiger partial charge in [-0.25, -0.2) is 0 Å². The molecule has 14 heavy (non-hydrogen) atoms. The van der Waals surface area contributed by atoms with Gasteiger partial charge in [-0.3, -0.25) is 4.79 Å². The van der Waals surface area contributed by atoms with Crippen molar-refractivity contribution in [1.82, 2.24) is 0 Å². The van der Waals surface area contributed by atoms with Crippen LogP contribution in [0.3, 0.4) is 0 Å². The highest BCUT2D eigenvalue weighted by Crippen LogP contribution is 2.53. The Morgan fingerprint density at radius 3 is 2.64 bits per heavy atom. The maximum Gasteiger partial charge on any atom is 0.137 e. The highest BCUT2D eigenvalue weighted by Gasteiger charge is 2.49. The van der Waals surface area contributed by atoms with Crippen molar-refractivity contribution in [2.24, 2.45) is 17.3 Å². The van der Waals surface area contributed by atoms with Gasteiger partial charge in [0.15, 0.2) is 0 Å². The molecule has 0 heterocycles. The van der Waals surface area contributed by atoms with Crippen molar-refractivity contribution in [1.29, 1.82) is 0 Å². The lowest BCUT2D eigenvalue weighted by Crippen LogP contribution is -2.35. The van der Waals surface area contributed by atoms with Crippen LogP contribution in [-0.2, 0) is 4.79 Å². The van der Waals surface area contributed by atoms with E-state index in [9.17, 15) is 4.79 Å². The topological polar surface area (TPSA) is 17.1 Å². The molecule has 0 aromatic rings. The van der Waals surface area contributed by atoms with E-state index in [1.807, 2.05) is 0 Å². The van der Waals surface area contributed by atoms with Crippen LogP contribution < -0.4 is 0 Å². The normalized spacial score (nSPS) is 43.0. The van der Waals surface area contributed by atoms with E-state index in [4.69, 9.17) is 0 Å². The summed E-state index contributed by atoms with van der Waals surface area (Å²) in [5, 5.41) is 0. The van der Waals surface area contributed by atoms with Crippen LogP contribution in [0.5, 0.6) is 0 Å². The van der Waals surface area contributed by atoms with Gasteiger partial charge < -0.3 is 0 Å². The van der Waals surface area contributed by atoms with E-state index in [0.29, 0.717) is 17.6 Å². The molecule has 0 aromatic carbocycles. The molecule has 1 heteroatoms. The summed E-state index contributed by atoms with van der Waals surface area (Å²) < 4.78 is 0. The smallest absolute Gasteiger partial charge is 0.137 e. The molecule has 1 saturated carbocycles. The molecule has 2 rings (SSSR count). The molecule has 2 aliphatic rings. The summed E-state index contributed by atoms with van der Waals surface area (Å²) in [7, 11) is 0. The van der Waals surface area contributed by atoms with Crippen molar-refractivity contribution in [2.45, 2.75) is 47.0 Å². The van der Waals surface area contributed by atoms with E-state index < -0.39 is 0 Å². The van der Waals surface area contributed by atoms with Gasteiger partial charge in [-0.05, 0) is 38.0 Å². The van der Waals surface area contributed by atoms with Gasteiger partial charge in [0.1, 0.15) is 5.78 Å². The van der Waals surface area contributed by atoms with E-state index in [0.717, 1.165) is 19.3 Å². The van der Waals surface area contributed by atoms with Crippen LogP contribution in [-0.4, -0.2) is 5.78 Å². The molecule has 0 aliphatic heterocycles.